The van der Waals surface area contributed by atoms with Crippen molar-refractivity contribution in [1.82, 2.24) is 9.80 Å². The van der Waals surface area contributed by atoms with Crippen molar-refractivity contribution < 1.29 is 44.2 Å². The maximum Gasteiger partial charge on any atom is 0.410 e. The molecule has 3 saturated heterocycles. The fourth-order valence-corrected chi connectivity index (χ4v) is 7.14. The number of cyclic esters (lactones) is 1. The van der Waals surface area contributed by atoms with Gasteiger partial charge < -0.3 is 39.5 Å². The highest BCUT2D eigenvalue weighted by atomic mass is 16.6. The molecule has 0 aromatic rings. The number of rotatable bonds is 9. The highest BCUT2D eigenvalue weighted by Gasteiger charge is 2.47. The van der Waals surface area contributed by atoms with E-state index >= 15 is 0 Å². The molecule has 0 bridgehead atoms. The molecule has 3 fully saturated rings. The number of piperazine rings is 1. The van der Waals surface area contributed by atoms with Gasteiger partial charge in [-0.05, 0) is 71.1 Å². The number of amides is 1. The van der Waals surface area contributed by atoms with Crippen molar-refractivity contribution in [1.29, 1.82) is 0 Å². The average Bonchev–Trinajstić information content (AvgIpc) is 3.59. The van der Waals surface area contributed by atoms with Crippen LogP contribution in [0.1, 0.15) is 86.5 Å². The third-order valence-corrected chi connectivity index (χ3v) is 10.4. The minimum Gasteiger partial charge on any atom is -0.457 e. The summed E-state index contributed by atoms with van der Waals surface area (Å²) in [5, 5.41) is 43.2. The normalized spacial score (nSPS) is 36.9. The van der Waals surface area contributed by atoms with Gasteiger partial charge in [0.25, 0.3) is 0 Å². The molecule has 11 unspecified atom stereocenters. The minimum absolute atomic E-state index is 0.00905. The van der Waals surface area contributed by atoms with Crippen molar-refractivity contribution in [2.24, 2.45) is 11.8 Å². The first-order valence-corrected chi connectivity index (χ1v) is 17.5. The predicted molar refractivity (Wildman–Crippen MR) is 177 cm³/mol. The Kier molecular flexibility index (Phi) is 12.7. The summed E-state index contributed by atoms with van der Waals surface area (Å²) >= 11 is 0. The highest BCUT2D eigenvalue weighted by Crippen LogP contribution is 2.37. The lowest BCUT2D eigenvalue weighted by Gasteiger charge is -2.39. The number of carbonyl (C=O) groups is 2. The Morgan fingerprint density at radius 2 is 2.00 bits per heavy atom. The van der Waals surface area contributed by atoms with Crippen molar-refractivity contribution in [2.75, 3.05) is 26.2 Å². The fourth-order valence-electron chi connectivity index (χ4n) is 7.14. The second kappa shape index (κ2) is 16.0. The molecule has 266 valence electrons. The van der Waals surface area contributed by atoms with Crippen molar-refractivity contribution in [2.45, 2.75) is 140 Å². The zero-order valence-corrected chi connectivity index (χ0v) is 29.1. The molecule has 4 rings (SSSR count). The zero-order chi connectivity index (χ0) is 34.5. The molecule has 4 aliphatic heterocycles. The molecule has 4 N–H and O–H groups in total. The summed E-state index contributed by atoms with van der Waals surface area (Å²) in [6.07, 6.45) is 8.03. The third kappa shape index (κ3) is 10.4. The monoisotopic (exact) mass is 662 g/mol. The summed E-state index contributed by atoms with van der Waals surface area (Å²) in [4.78, 5) is 30.3. The van der Waals surface area contributed by atoms with Gasteiger partial charge in [-0.25, -0.2) is 4.79 Å². The van der Waals surface area contributed by atoms with Crippen LogP contribution in [0.25, 0.3) is 0 Å². The first-order chi connectivity index (χ1) is 22.1. The van der Waals surface area contributed by atoms with E-state index in [1.54, 1.807) is 49.1 Å². The maximum atomic E-state index is 13.3. The number of aliphatic hydroxyl groups is 4. The number of allylic oxidation sites excluding steroid dienone is 2. The van der Waals surface area contributed by atoms with Gasteiger partial charge >= 0.3 is 12.1 Å². The molecule has 0 aromatic heterocycles. The number of fused-ring (bicyclic) bond motifs is 1. The molecule has 0 radical (unpaired) electrons. The first kappa shape index (κ1) is 37.5. The Morgan fingerprint density at radius 3 is 2.72 bits per heavy atom. The van der Waals surface area contributed by atoms with Crippen molar-refractivity contribution in [3.63, 3.8) is 0 Å². The van der Waals surface area contributed by atoms with Crippen LogP contribution in [0.2, 0.25) is 0 Å². The molecule has 0 saturated carbocycles. The van der Waals surface area contributed by atoms with Gasteiger partial charge in [-0.1, -0.05) is 45.1 Å². The average molecular weight is 663 g/mol. The van der Waals surface area contributed by atoms with E-state index < -0.39 is 47.7 Å². The summed E-state index contributed by atoms with van der Waals surface area (Å²) < 4.78 is 17.6. The molecular weight excluding hydrogens is 604 g/mol. The summed E-state index contributed by atoms with van der Waals surface area (Å²) in [7, 11) is 0. The molecular formula is C36H58N2O9. The first-order valence-electron chi connectivity index (χ1n) is 17.5. The zero-order valence-electron chi connectivity index (χ0n) is 29.1. The molecule has 1 amide bonds. The Hall–Kier alpha value is -2.28. The molecule has 11 atom stereocenters. The highest BCUT2D eigenvalue weighted by molar-refractivity contribution is 5.70. The standard InChI is InChI=1S/C36H58N2O9/c1-7-28(40)25(4)33-29(45-33)21-35(5,43)15-8-10-23(2)32-24(3)12-13-30(36(6,44)16-14-27(39)20-31(41)47-32)46-34(42)38-19-18-37-17-9-11-26(37)22-38/h8,10,12-13,15,24-30,32-33,39-40,43-44H,7,9,11,14,16-22H2,1-6H3. The van der Waals surface area contributed by atoms with Crippen LogP contribution in [0.3, 0.4) is 0 Å². The van der Waals surface area contributed by atoms with Crippen LogP contribution in [0.15, 0.2) is 36.0 Å². The molecule has 0 aromatic carbocycles. The third-order valence-electron chi connectivity index (χ3n) is 10.4. The van der Waals surface area contributed by atoms with Crippen LogP contribution >= 0.6 is 0 Å². The van der Waals surface area contributed by atoms with Gasteiger partial charge in [0.15, 0.2) is 6.10 Å². The van der Waals surface area contributed by atoms with Gasteiger partial charge in [0.05, 0.1) is 36.4 Å². The van der Waals surface area contributed by atoms with Crippen LogP contribution in [0, 0.1) is 11.8 Å². The topological polar surface area (TPSA) is 153 Å². The number of aliphatic hydroxyl groups excluding tert-OH is 2. The second-order valence-electron chi connectivity index (χ2n) is 14.8. The predicted octanol–water partition coefficient (Wildman–Crippen LogP) is 3.49. The number of carbonyl (C=O) groups excluding carboxylic acids is 2. The number of esters is 1. The van der Waals surface area contributed by atoms with Crippen LogP contribution < -0.4 is 0 Å². The van der Waals surface area contributed by atoms with E-state index in [1.165, 1.54) is 0 Å². The van der Waals surface area contributed by atoms with E-state index in [4.69, 9.17) is 14.2 Å². The lowest BCUT2D eigenvalue weighted by molar-refractivity contribution is -0.151. The van der Waals surface area contributed by atoms with Gasteiger partial charge in [-0.15, -0.1) is 0 Å². The summed E-state index contributed by atoms with van der Waals surface area (Å²) in [5.74, 6) is -0.932. The summed E-state index contributed by atoms with van der Waals surface area (Å²) in [5.41, 5.74) is -1.92. The largest absolute Gasteiger partial charge is 0.457 e. The molecule has 4 heterocycles. The van der Waals surface area contributed by atoms with Crippen molar-refractivity contribution >= 4 is 12.1 Å². The van der Waals surface area contributed by atoms with Crippen molar-refractivity contribution in [3.8, 4) is 0 Å². The van der Waals surface area contributed by atoms with Crippen LogP contribution in [-0.4, -0.2) is 122 Å². The lowest BCUT2D eigenvalue weighted by Crippen LogP contribution is -2.53. The summed E-state index contributed by atoms with van der Waals surface area (Å²) in [6.45, 7) is 13.9. The molecule has 11 nitrogen and oxygen atoms in total. The van der Waals surface area contributed by atoms with Gasteiger partial charge in [0, 0.05) is 43.9 Å². The van der Waals surface area contributed by atoms with Crippen LogP contribution in [0.4, 0.5) is 4.79 Å². The van der Waals surface area contributed by atoms with E-state index in [0.717, 1.165) is 25.9 Å². The molecule has 47 heavy (non-hydrogen) atoms. The number of ether oxygens (including phenoxy) is 3. The lowest BCUT2D eigenvalue weighted by atomic mass is 9.88. The van der Waals surface area contributed by atoms with Crippen LogP contribution in [-0.2, 0) is 19.0 Å². The number of epoxide rings is 1. The van der Waals surface area contributed by atoms with E-state index in [0.29, 0.717) is 37.5 Å². The van der Waals surface area contributed by atoms with E-state index in [9.17, 15) is 30.0 Å². The quantitative estimate of drug-likeness (QED) is 0.125. The van der Waals surface area contributed by atoms with Gasteiger partial charge in [0.1, 0.15) is 11.7 Å². The van der Waals surface area contributed by atoms with Crippen LogP contribution in [0.5, 0.6) is 0 Å². The maximum absolute atomic E-state index is 13.3. The Morgan fingerprint density at radius 1 is 1.26 bits per heavy atom. The Bertz CT molecular complexity index is 1170. The molecule has 0 spiro atoms. The Labute approximate surface area is 280 Å². The van der Waals surface area contributed by atoms with E-state index in [1.807, 2.05) is 27.7 Å². The van der Waals surface area contributed by atoms with Gasteiger partial charge in [-0.2, -0.15) is 0 Å². The number of hydrogen-bond acceptors (Lipinski definition) is 10. The van der Waals surface area contributed by atoms with Gasteiger partial charge in [-0.3, -0.25) is 9.69 Å². The number of hydrogen-bond donors (Lipinski definition) is 4. The van der Waals surface area contributed by atoms with E-state index in [-0.39, 0.29) is 43.3 Å². The molecule has 0 aliphatic carbocycles. The Balaban J connectivity index is 1.45. The fraction of sp³-hybridized carbons (Fsp3) is 0.778. The summed E-state index contributed by atoms with van der Waals surface area (Å²) in [6, 6.07) is 0.337. The van der Waals surface area contributed by atoms with Crippen molar-refractivity contribution in [3.05, 3.63) is 36.0 Å². The SMILES string of the molecule is CCC(O)C(C)C1OC1CC(C)(O)C=CC=C(C)C1OC(=O)CC(O)CCC(C)(O)C(OC(=O)N2CCN3CCCC3C2)C=CC1C. The smallest absolute Gasteiger partial charge is 0.410 e. The molecule has 11 heteroatoms. The van der Waals surface area contributed by atoms with Gasteiger partial charge in [0.2, 0.25) is 0 Å². The molecule has 4 aliphatic rings. The number of nitrogens with zero attached hydrogens (tertiary/aromatic N) is 2. The minimum atomic E-state index is -1.48. The second-order valence-corrected chi connectivity index (χ2v) is 14.8. The van der Waals surface area contributed by atoms with E-state index in [2.05, 4.69) is 4.90 Å².